The number of hydrogen-bond donors (Lipinski definition) is 0. The van der Waals surface area contributed by atoms with Gasteiger partial charge in [-0.15, -0.1) is 0 Å². The Kier molecular flexibility index (Phi) is 5.36. The summed E-state index contributed by atoms with van der Waals surface area (Å²) in [6, 6.07) is 16.9. The van der Waals surface area contributed by atoms with E-state index in [1.165, 1.54) is 0 Å². The average molecular weight is 440 g/mol. The summed E-state index contributed by atoms with van der Waals surface area (Å²) in [5.74, 6) is 2.32. The van der Waals surface area contributed by atoms with E-state index in [1.807, 2.05) is 42.7 Å². The van der Waals surface area contributed by atoms with Gasteiger partial charge in [0, 0.05) is 23.3 Å². The summed E-state index contributed by atoms with van der Waals surface area (Å²) in [4.78, 5) is 19.5. The normalized spacial score (nSPS) is 11.0. The molecule has 164 valence electrons. The Bertz CT molecular complexity index is 1460. The Morgan fingerprint density at radius 3 is 2.48 bits per heavy atom. The lowest BCUT2D eigenvalue weighted by atomic mass is 10.00. The molecule has 0 unspecified atom stereocenters. The third-order valence-electron chi connectivity index (χ3n) is 5.48. The maximum atomic E-state index is 10.5. The van der Waals surface area contributed by atoms with Crippen LogP contribution in [0.15, 0.2) is 71.4 Å². The van der Waals surface area contributed by atoms with E-state index in [0.717, 1.165) is 33.0 Å². The van der Waals surface area contributed by atoms with Gasteiger partial charge in [0.1, 0.15) is 11.3 Å². The molecule has 0 radical (unpaired) electrons. The van der Waals surface area contributed by atoms with Crippen LogP contribution in [0.5, 0.6) is 17.2 Å². The van der Waals surface area contributed by atoms with E-state index < -0.39 is 0 Å². The number of nitrogens with zero attached hydrogens (tertiary/aromatic N) is 2. The number of carbonyl (C=O) groups is 1. The Morgan fingerprint density at radius 2 is 1.73 bits per heavy atom. The lowest BCUT2D eigenvalue weighted by molar-refractivity contribution is -0.120. The van der Waals surface area contributed by atoms with Gasteiger partial charge in [-0.3, -0.25) is 9.78 Å². The summed E-state index contributed by atoms with van der Waals surface area (Å²) in [6.07, 6.45) is 4.37. The quantitative estimate of drug-likeness (QED) is 0.322. The summed E-state index contributed by atoms with van der Waals surface area (Å²) >= 11 is 0. The van der Waals surface area contributed by atoms with Gasteiger partial charge >= 0.3 is 0 Å². The third kappa shape index (κ3) is 3.96. The zero-order valence-corrected chi connectivity index (χ0v) is 18.1. The minimum Gasteiger partial charge on any atom is -0.493 e. The monoisotopic (exact) mass is 440 g/mol. The number of fused-ring (bicyclic) bond motifs is 2. The Hall–Kier alpha value is -4.39. The molecule has 0 spiro atoms. The van der Waals surface area contributed by atoms with Crippen LogP contribution < -0.4 is 14.2 Å². The first-order valence-corrected chi connectivity index (χ1v) is 10.3. The molecule has 0 bridgehead atoms. The van der Waals surface area contributed by atoms with Gasteiger partial charge < -0.3 is 18.6 Å². The maximum absolute atomic E-state index is 10.5. The molecule has 0 saturated heterocycles. The van der Waals surface area contributed by atoms with Gasteiger partial charge in [-0.1, -0.05) is 6.07 Å². The van der Waals surface area contributed by atoms with Crippen molar-refractivity contribution in [1.29, 1.82) is 0 Å². The zero-order chi connectivity index (χ0) is 22.8. The zero-order valence-electron chi connectivity index (χ0n) is 18.1. The number of aromatic nitrogens is 2. The summed E-state index contributed by atoms with van der Waals surface area (Å²) in [5.41, 5.74) is 4.42. The first-order valence-electron chi connectivity index (χ1n) is 10.3. The van der Waals surface area contributed by atoms with Crippen LogP contribution in [0.3, 0.4) is 0 Å². The van der Waals surface area contributed by atoms with Crippen molar-refractivity contribution in [2.75, 3.05) is 14.2 Å². The predicted octanol–water partition coefficient (Wildman–Crippen LogP) is 5.19. The Balaban J connectivity index is 1.47. The Labute approximate surface area is 189 Å². The SMILES string of the molecule is COc1cc2cncc(Cc3ccc4oc(-c5ccc(OC=O)cc5)nc4c3)c2cc1OC. The fraction of sp³-hybridized carbons (Fsp3) is 0.115. The fourth-order valence-corrected chi connectivity index (χ4v) is 3.86. The molecule has 0 aliphatic carbocycles. The molecule has 0 aliphatic rings. The van der Waals surface area contributed by atoms with Gasteiger partial charge in [0.25, 0.3) is 6.47 Å². The predicted molar refractivity (Wildman–Crippen MR) is 124 cm³/mol. The molecule has 5 rings (SSSR count). The molecule has 0 fully saturated rings. The highest BCUT2D eigenvalue weighted by Crippen LogP contribution is 2.34. The smallest absolute Gasteiger partial charge is 0.298 e. The number of carbonyl (C=O) groups excluding carboxylic acids is 1. The second kappa shape index (κ2) is 8.63. The van der Waals surface area contributed by atoms with E-state index in [9.17, 15) is 4.79 Å². The summed E-state index contributed by atoms with van der Waals surface area (Å²) in [5, 5.41) is 2.04. The molecular weight excluding hydrogens is 420 g/mol. The highest BCUT2D eigenvalue weighted by atomic mass is 16.5. The van der Waals surface area contributed by atoms with E-state index in [0.29, 0.717) is 41.6 Å². The summed E-state index contributed by atoms with van der Waals surface area (Å²) in [7, 11) is 3.25. The minimum atomic E-state index is 0.397. The number of ether oxygens (including phenoxy) is 3. The maximum Gasteiger partial charge on any atom is 0.298 e. The van der Waals surface area contributed by atoms with Gasteiger partial charge in [-0.2, -0.15) is 0 Å². The highest BCUT2D eigenvalue weighted by Gasteiger charge is 2.12. The molecule has 0 aliphatic heterocycles. The van der Waals surface area contributed by atoms with E-state index >= 15 is 0 Å². The van der Waals surface area contributed by atoms with E-state index in [1.54, 1.807) is 38.5 Å². The summed E-state index contributed by atoms with van der Waals surface area (Å²) in [6.45, 7) is 0.397. The molecule has 0 amide bonds. The minimum absolute atomic E-state index is 0.397. The number of rotatable bonds is 7. The van der Waals surface area contributed by atoms with Gasteiger partial charge in [0.05, 0.1) is 14.2 Å². The van der Waals surface area contributed by atoms with Crippen molar-refractivity contribution < 1.29 is 23.4 Å². The van der Waals surface area contributed by atoms with Crippen molar-refractivity contribution >= 4 is 28.3 Å². The average Bonchev–Trinajstić information content (AvgIpc) is 3.27. The van der Waals surface area contributed by atoms with Crippen LogP contribution in [0.2, 0.25) is 0 Å². The van der Waals surface area contributed by atoms with Crippen molar-refractivity contribution in [2.45, 2.75) is 6.42 Å². The first-order chi connectivity index (χ1) is 16.2. The molecule has 2 aromatic heterocycles. The standard InChI is InChI=1S/C26H20N2O5/c1-30-24-11-19-14-27-13-18(21(19)12-25(24)31-2)9-16-3-8-23-22(10-16)28-26(33-23)17-4-6-20(7-5-17)32-15-29/h3-8,10-15H,9H2,1-2H3. The fourth-order valence-electron chi connectivity index (χ4n) is 3.86. The van der Waals surface area contributed by atoms with Crippen LogP contribution in [0.4, 0.5) is 0 Å². The summed E-state index contributed by atoms with van der Waals surface area (Å²) < 4.78 is 21.6. The number of oxazole rings is 1. The molecule has 33 heavy (non-hydrogen) atoms. The number of pyridine rings is 1. The van der Waals surface area contributed by atoms with Crippen LogP contribution in [-0.4, -0.2) is 30.7 Å². The van der Waals surface area contributed by atoms with Crippen molar-refractivity contribution in [2.24, 2.45) is 0 Å². The highest BCUT2D eigenvalue weighted by molar-refractivity contribution is 5.88. The molecule has 5 aromatic rings. The van der Waals surface area contributed by atoms with Crippen LogP contribution in [0.25, 0.3) is 33.3 Å². The van der Waals surface area contributed by atoms with Gasteiger partial charge in [0.15, 0.2) is 17.1 Å². The Morgan fingerprint density at radius 1 is 0.939 bits per heavy atom. The molecule has 7 heteroatoms. The third-order valence-corrected chi connectivity index (χ3v) is 5.48. The largest absolute Gasteiger partial charge is 0.493 e. The van der Waals surface area contributed by atoms with Crippen LogP contribution in [-0.2, 0) is 11.2 Å². The van der Waals surface area contributed by atoms with E-state index in [2.05, 4.69) is 9.97 Å². The van der Waals surface area contributed by atoms with Gasteiger partial charge in [-0.25, -0.2) is 4.98 Å². The van der Waals surface area contributed by atoms with E-state index in [-0.39, 0.29) is 0 Å². The topological polar surface area (TPSA) is 83.7 Å². The lowest BCUT2D eigenvalue weighted by Crippen LogP contribution is -1.95. The van der Waals surface area contributed by atoms with Crippen molar-refractivity contribution in [1.82, 2.24) is 9.97 Å². The molecule has 0 N–H and O–H groups in total. The number of methoxy groups -OCH3 is 2. The second-order valence-electron chi connectivity index (χ2n) is 7.46. The first kappa shape index (κ1) is 20.5. The lowest BCUT2D eigenvalue weighted by Gasteiger charge is -2.11. The van der Waals surface area contributed by atoms with Crippen molar-refractivity contribution in [3.63, 3.8) is 0 Å². The van der Waals surface area contributed by atoms with Gasteiger partial charge in [-0.05, 0) is 71.5 Å². The van der Waals surface area contributed by atoms with Crippen LogP contribution in [0, 0.1) is 0 Å². The van der Waals surface area contributed by atoms with Crippen molar-refractivity contribution in [3.05, 3.63) is 78.1 Å². The van der Waals surface area contributed by atoms with Crippen LogP contribution in [0.1, 0.15) is 11.1 Å². The molecule has 7 nitrogen and oxygen atoms in total. The second-order valence-corrected chi connectivity index (χ2v) is 7.46. The molecule has 2 heterocycles. The number of hydrogen-bond acceptors (Lipinski definition) is 7. The van der Waals surface area contributed by atoms with E-state index in [4.69, 9.17) is 18.6 Å². The number of benzene rings is 3. The molecule has 3 aromatic carbocycles. The van der Waals surface area contributed by atoms with Crippen molar-refractivity contribution in [3.8, 4) is 28.7 Å². The molecular formula is C26H20N2O5. The van der Waals surface area contributed by atoms with Crippen LogP contribution >= 0.6 is 0 Å². The molecule has 0 atom stereocenters. The molecule has 0 saturated carbocycles. The van der Waals surface area contributed by atoms with Gasteiger partial charge in [0.2, 0.25) is 5.89 Å².